The molecular weight excluding hydrogens is 889 g/mol. The zero-order valence-electron chi connectivity index (χ0n) is 45.0. The summed E-state index contributed by atoms with van der Waals surface area (Å²) >= 11 is 0. The monoisotopic (exact) mass is 991 g/mol. The number of rotatable bonds is 46. The van der Waals surface area contributed by atoms with E-state index in [0.29, 0.717) is 76.1 Å². The number of benzene rings is 1. The van der Waals surface area contributed by atoms with Crippen molar-refractivity contribution in [3.63, 3.8) is 0 Å². The fourth-order valence-corrected chi connectivity index (χ4v) is 7.52. The quantitative estimate of drug-likeness (QED) is 0.0359. The summed E-state index contributed by atoms with van der Waals surface area (Å²) < 4.78 is 21.3. The molecule has 12 nitrogen and oxygen atoms in total. The van der Waals surface area contributed by atoms with Gasteiger partial charge in [0, 0.05) is 25.7 Å². The molecule has 0 amide bonds. The molecule has 0 spiro atoms. The van der Waals surface area contributed by atoms with Crippen molar-refractivity contribution < 1.29 is 57.9 Å². The SMILES string of the molecule is CCCCCCCCCCCOC(=O)c1ccccc1C(=O)OCCCCCCCCCCC.CCCCCCCCOC(=O)CCCCC(=O)OCCCCCCCC.O=C(O)CCCCC(=O)O. The summed E-state index contributed by atoms with van der Waals surface area (Å²) in [6.45, 7) is 10.8. The van der Waals surface area contributed by atoms with Crippen molar-refractivity contribution >= 4 is 35.8 Å². The van der Waals surface area contributed by atoms with E-state index in [1.54, 1.807) is 24.3 Å². The van der Waals surface area contributed by atoms with Crippen LogP contribution < -0.4 is 0 Å². The second kappa shape index (κ2) is 54.4. The summed E-state index contributed by atoms with van der Waals surface area (Å²) in [6, 6.07) is 6.81. The first-order chi connectivity index (χ1) is 34.0. The highest BCUT2D eigenvalue weighted by atomic mass is 16.5. The second-order valence-corrected chi connectivity index (χ2v) is 18.7. The van der Waals surface area contributed by atoms with Crippen LogP contribution in [0.15, 0.2) is 24.3 Å². The first kappa shape index (κ1) is 68.1. The summed E-state index contributed by atoms with van der Waals surface area (Å²) in [7, 11) is 0. The Bertz CT molecular complexity index is 1290. The van der Waals surface area contributed by atoms with E-state index in [2.05, 4.69) is 27.7 Å². The Balaban J connectivity index is 0. The third kappa shape index (κ3) is 50.4. The molecule has 0 radical (unpaired) electrons. The number of carbonyl (C=O) groups is 6. The first-order valence-corrected chi connectivity index (χ1v) is 28.2. The van der Waals surface area contributed by atoms with E-state index in [-0.39, 0.29) is 24.8 Å². The Labute approximate surface area is 425 Å². The first-order valence-electron chi connectivity index (χ1n) is 28.2. The van der Waals surface area contributed by atoms with Gasteiger partial charge in [0.05, 0.1) is 37.6 Å². The van der Waals surface area contributed by atoms with Gasteiger partial charge in [-0.15, -0.1) is 0 Å². The van der Waals surface area contributed by atoms with Gasteiger partial charge in [-0.05, 0) is 63.5 Å². The fraction of sp³-hybridized carbons (Fsp3) is 0.793. The molecule has 0 heterocycles. The van der Waals surface area contributed by atoms with Crippen molar-refractivity contribution in [2.24, 2.45) is 0 Å². The number of hydrogen-bond acceptors (Lipinski definition) is 10. The van der Waals surface area contributed by atoms with E-state index in [0.717, 1.165) is 51.4 Å². The number of esters is 4. The normalized spacial score (nSPS) is 10.6. The minimum absolute atomic E-state index is 0.0628. The van der Waals surface area contributed by atoms with Crippen molar-refractivity contribution in [2.45, 2.75) is 272 Å². The molecule has 0 saturated heterocycles. The lowest BCUT2D eigenvalue weighted by molar-refractivity contribution is -0.146. The van der Waals surface area contributed by atoms with Gasteiger partial charge in [0.25, 0.3) is 0 Å². The molecule has 0 unspecified atom stereocenters. The zero-order chi connectivity index (χ0) is 52.0. The Morgan fingerprint density at radius 1 is 0.314 bits per heavy atom. The Hall–Kier alpha value is -3.96. The average molecular weight is 991 g/mol. The highest BCUT2D eigenvalue weighted by Gasteiger charge is 2.19. The van der Waals surface area contributed by atoms with Crippen LogP contribution >= 0.6 is 0 Å². The number of unbranched alkanes of at least 4 members (excludes halogenated alkanes) is 28. The van der Waals surface area contributed by atoms with Gasteiger partial charge < -0.3 is 29.2 Å². The topological polar surface area (TPSA) is 180 Å². The van der Waals surface area contributed by atoms with Crippen molar-refractivity contribution in [3.05, 3.63) is 35.4 Å². The Morgan fingerprint density at radius 2 is 0.543 bits per heavy atom. The second-order valence-electron chi connectivity index (χ2n) is 18.7. The van der Waals surface area contributed by atoms with Crippen LogP contribution in [-0.4, -0.2) is 72.5 Å². The third-order valence-electron chi connectivity index (χ3n) is 11.9. The summed E-state index contributed by atoms with van der Waals surface area (Å²) in [4.78, 5) is 68.0. The van der Waals surface area contributed by atoms with Gasteiger partial charge in [0.1, 0.15) is 0 Å². The number of aliphatic carboxylic acids is 2. The molecule has 70 heavy (non-hydrogen) atoms. The molecule has 0 atom stereocenters. The standard InChI is InChI=1S/C30H50O4.C22H42O4.C6H10O4/c1-3-5-7-9-11-13-15-17-21-25-33-29(31)27-23-19-20-24-28(27)30(32)34-26-22-18-16-14-12-10-8-6-4-2;1-3-5-7-9-11-15-19-25-21(23)17-13-14-18-22(24)26-20-16-12-10-8-6-4-2;7-5(8)3-1-2-4-6(9)10/h19-20,23-24H,3-18,21-22,25-26H2,1-2H3;3-20H2,1-2H3;1-4H2,(H,7,8)(H,9,10). The molecule has 0 aliphatic heterocycles. The number of carboxylic acids is 2. The highest BCUT2D eigenvalue weighted by Crippen LogP contribution is 2.16. The van der Waals surface area contributed by atoms with E-state index in [9.17, 15) is 28.8 Å². The van der Waals surface area contributed by atoms with Crippen LogP contribution in [0.3, 0.4) is 0 Å². The lowest BCUT2D eigenvalue weighted by Gasteiger charge is -2.10. The van der Waals surface area contributed by atoms with Crippen LogP contribution in [0.1, 0.15) is 292 Å². The van der Waals surface area contributed by atoms with Crippen LogP contribution in [-0.2, 0) is 38.1 Å². The van der Waals surface area contributed by atoms with Gasteiger partial charge in [-0.2, -0.15) is 0 Å². The maximum atomic E-state index is 12.5. The lowest BCUT2D eigenvalue weighted by atomic mass is 10.1. The number of carboxylic acid groups (broad SMARTS) is 2. The molecule has 0 bridgehead atoms. The van der Waals surface area contributed by atoms with Gasteiger partial charge in [-0.25, -0.2) is 9.59 Å². The predicted octanol–water partition coefficient (Wildman–Crippen LogP) is 16.1. The molecule has 1 aromatic carbocycles. The molecule has 2 N–H and O–H groups in total. The predicted molar refractivity (Wildman–Crippen MR) is 282 cm³/mol. The van der Waals surface area contributed by atoms with Crippen LogP contribution in [0.5, 0.6) is 0 Å². The number of ether oxygens (including phenoxy) is 4. The average Bonchev–Trinajstić information content (AvgIpc) is 3.35. The minimum atomic E-state index is -0.870. The summed E-state index contributed by atoms with van der Waals surface area (Å²) in [6.07, 6.45) is 39.5. The van der Waals surface area contributed by atoms with Crippen LogP contribution in [0.25, 0.3) is 0 Å². The summed E-state index contributed by atoms with van der Waals surface area (Å²) in [5.41, 5.74) is 0.603. The van der Waals surface area contributed by atoms with Crippen molar-refractivity contribution in [3.8, 4) is 0 Å². The summed E-state index contributed by atoms with van der Waals surface area (Å²) in [5, 5.41) is 16.3. The molecule has 1 aromatic rings. The van der Waals surface area contributed by atoms with Gasteiger partial charge in [0.2, 0.25) is 0 Å². The third-order valence-corrected chi connectivity index (χ3v) is 11.9. The van der Waals surface area contributed by atoms with E-state index in [4.69, 9.17) is 29.2 Å². The minimum Gasteiger partial charge on any atom is -0.481 e. The molecule has 0 aromatic heterocycles. The fourth-order valence-electron chi connectivity index (χ4n) is 7.52. The van der Waals surface area contributed by atoms with Crippen LogP contribution in [0, 0.1) is 0 Å². The maximum absolute atomic E-state index is 12.5. The van der Waals surface area contributed by atoms with Gasteiger partial charge >= 0.3 is 35.8 Å². The molecule has 1 rings (SSSR count). The van der Waals surface area contributed by atoms with Gasteiger partial charge in [0.15, 0.2) is 0 Å². The van der Waals surface area contributed by atoms with Gasteiger partial charge in [-0.1, -0.05) is 207 Å². The maximum Gasteiger partial charge on any atom is 0.339 e. The largest absolute Gasteiger partial charge is 0.481 e. The van der Waals surface area contributed by atoms with E-state index in [1.807, 2.05) is 0 Å². The molecule has 0 saturated carbocycles. The van der Waals surface area contributed by atoms with E-state index in [1.165, 1.54) is 141 Å². The molecule has 406 valence electrons. The van der Waals surface area contributed by atoms with Gasteiger partial charge in [-0.3, -0.25) is 19.2 Å². The smallest absolute Gasteiger partial charge is 0.339 e. The summed E-state index contributed by atoms with van der Waals surface area (Å²) in [5.74, 6) is -2.89. The van der Waals surface area contributed by atoms with E-state index >= 15 is 0 Å². The van der Waals surface area contributed by atoms with Crippen LogP contribution in [0.4, 0.5) is 0 Å². The lowest BCUT2D eigenvalue weighted by Crippen LogP contribution is -2.15. The van der Waals surface area contributed by atoms with Crippen molar-refractivity contribution in [1.82, 2.24) is 0 Å². The molecular formula is C58H102O12. The Kier molecular flexibility index (Phi) is 52.9. The molecule has 0 aliphatic rings. The molecule has 12 heteroatoms. The number of carbonyl (C=O) groups excluding carboxylic acids is 4. The number of hydrogen-bond donors (Lipinski definition) is 2. The van der Waals surface area contributed by atoms with Crippen molar-refractivity contribution in [1.29, 1.82) is 0 Å². The Morgan fingerprint density at radius 3 is 0.800 bits per heavy atom. The molecule has 0 aliphatic carbocycles. The van der Waals surface area contributed by atoms with E-state index < -0.39 is 23.9 Å². The molecule has 0 fully saturated rings. The van der Waals surface area contributed by atoms with Crippen molar-refractivity contribution in [2.75, 3.05) is 26.4 Å². The highest BCUT2D eigenvalue weighted by molar-refractivity contribution is 6.03. The zero-order valence-corrected chi connectivity index (χ0v) is 45.0. The van der Waals surface area contributed by atoms with Crippen LogP contribution in [0.2, 0.25) is 0 Å².